The molecule has 0 bridgehead atoms. The summed E-state index contributed by atoms with van der Waals surface area (Å²) in [6.07, 6.45) is 2.28. The van der Waals surface area contributed by atoms with E-state index < -0.39 is 0 Å². The Bertz CT molecular complexity index is 469. The first kappa shape index (κ1) is 12.7. The second-order valence-electron chi connectivity index (χ2n) is 5.30. The van der Waals surface area contributed by atoms with Crippen LogP contribution in [0.25, 0.3) is 0 Å². The number of anilines is 2. The van der Waals surface area contributed by atoms with E-state index in [4.69, 9.17) is 10.5 Å². The number of nitrogens with zero attached hydrogens (tertiary/aromatic N) is 1. The summed E-state index contributed by atoms with van der Waals surface area (Å²) in [6, 6.07) is 5.52. The van der Waals surface area contributed by atoms with Gasteiger partial charge in [0, 0.05) is 12.1 Å². The fraction of sp³-hybridized carbons (Fsp3) is 0.500. The van der Waals surface area contributed by atoms with Crippen molar-refractivity contribution < 1.29 is 9.53 Å². The Balaban J connectivity index is 2.43. The highest BCUT2D eigenvalue weighted by atomic mass is 16.5. The van der Waals surface area contributed by atoms with Crippen molar-refractivity contribution in [2.24, 2.45) is 0 Å². The zero-order valence-electron chi connectivity index (χ0n) is 11.2. The molecule has 0 atom stereocenters. The number of benzene rings is 1. The molecule has 18 heavy (non-hydrogen) atoms. The molecule has 0 radical (unpaired) electrons. The number of nitrogen functional groups attached to an aromatic ring is 1. The molecular formula is C14H20N2O2. The Morgan fingerprint density at radius 2 is 2.17 bits per heavy atom. The fourth-order valence-corrected chi connectivity index (χ4v) is 2.63. The third kappa shape index (κ3) is 2.03. The van der Waals surface area contributed by atoms with Gasteiger partial charge in [0.1, 0.15) is 0 Å². The Morgan fingerprint density at radius 1 is 1.44 bits per heavy atom. The van der Waals surface area contributed by atoms with E-state index in [9.17, 15) is 4.79 Å². The summed E-state index contributed by atoms with van der Waals surface area (Å²) in [5, 5.41) is 0. The van der Waals surface area contributed by atoms with Crippen molar-refractivity contribution in [3.8, 4) is 0 Å². The predicted octanol–water partition coefficient (Wildman–Crippen LogP) is 2.43. The summed E-state index contributed by atoms with van der Waals surface area (Å²) in [4.78, 5) is 13.9. The minimum absolute atomic E-state index is 0.0862. The molecule has 0 saturated carbocycles. The third-order valence-electron chi connectivity index (χ3n) is 3.68. The fourth-order valence-electron chi connectivity index (χ4n) is 2.63. The monoisotopic (exact) mass is 248 g/mol. The van der Waals surface area contributed by atoms with E-state index in [2.05, 4.69) is 18.7 Å². The molecule has 1 fully saturated rings. The number of hydrogen-bond acceptors (Lipinski definition) is 4. The Morgan fingerprint density at radius 3 is 2.72 bits per heavy atom. The van der Waals surface area contributed by atoms with E-state index in [1.54, 1.807) is 6.07 Å². The van der Waals surface area contributed by atoms with Gasteiger partial charge >= 0.3 is 5.97 Å². The van der Waals surface area contributed by atoms with Gasteiger partial charge in [-0.3, -0.25) is 0 Å². The maximum Gasteiger partial charge on any atom is 0.340 e. The number of nitrogens with two attached hydrogens (primary N) is 1. The van der Waals surface area contributed by atoms with Gasteiger partial charge in [-0.15, -0.1) is 0 Å². The first-order valence-corrected chi connectivity index (χ1v) is 6.22. The van der Waals surface area contributed by atoms with Gasteiger partial charge in [-0.1, -0.05) is 6.07 Å². The van der Waals surface area contributed by atoms with Crippen LogP contribution in [0.5, 0.6) is 0 Å². The van der Waals surface area contributed by atoms with Crippen LogP contribution >= 0.6 is 0 Å². The van der Waals surface area contributed by atoms with Gasteiger partial charge < -0.3 is 15.4 Å². The maximum atomic E-state index is 11.6. The van der Waals surface area contributed by atoms with Gasteiger partial charge in [0.15, 0.2) is 0 Å². The van der Waals surface area contributed by atoms with E-state index in [-0.39, 0.29) is 11.5 Å². The molecular weight excluding hydrogens is 228 g/mol. The predicted molar refractivity (Wildman–Crippen MR) is 72.9 cm³/mol. The molecule has 1 aromatic rings. The maximum absolute atomic E-state index is 11.6. The molecule has 2 N–H and O–H groups in total. The Labute approximate surface area is 108 Å². The normalized spacial score (nSPS) is 17.8. The van der Waals surface area contributed by atoms with Crippen molar-refractivity contribution in [1.29, 1.82) is 0 Å². The summed E-state index contributed by atoms with van der Waals surface area (Å²) < 4.78 is 4.75. The molecule has 1 aliphatic rings. The van der Waals surface area contributed by atoms with Crippen LogP contribution in [0.4, 0.5) is 11.4 Å². The van der Waals surface area contributed by atoms with E-state index in [0.29, 0.717) is 11.3 Å². The van der Waals surface area contributed by atoms with E-state index >= 15 is 0 Å². The third-order valence-corrected chi connectivity index (χ3v) is 3.68. The number of carbonyl (C=O) groups excluding carboxylic acids is 1. The lowest BCUT2D eigenvalue weighted by molar-refractivity contribution is 0.0602. The lowest BCUT2D eigenvalue weighted by Gasteiger charge is -2.34. The first-order chi connectivity index (χ1) is 8.47. The van der Waals surface area contributed by atoms with Gasteiger partial charge in [-0.25, -0.2) is 4.79 Å². The quantitative estimate of drug-likeness (QED) is 0.645. The zero-order chi connectivity index (χ0) is 13.3. The smallest absolute Gasteiger partial charge is 0.340 e. The first-order valence-electron chi connectivity index (χ1n) is 6.22. The van der Waals surface area contributed by atoms with Crippen LogP contribution in [0, 0.1) is 0 Å². The molecule has 0 aliphatic carbocycles. The number of carbonyl (C=O) groups is 1. The zero-order valence-corrected chi connectivity index (χ0v) is 11.2. The van der Waals surface area contributed by atoms with Crippen molar-refractivity contribution >= 4 is 17.3 Å². The summed E-state index contributed by atoms with van der Waals surface area (Å²) in [7, 11) is 1.37. The Hall–Kier alpha value is -1.71. The molecule has 0 unspecified atom stereocenters. The van der Waals surface area contributed by atoms with Crippen molar-refractivity contribution in [3.63, 3.8) is 0 Å². The Kier molecular flexibility index (Phi) is 3.20. The average Bonchev–Trinajstić information content (AvgIpc) is 2.68. The summed E-state index contributed by atoms with van der Waals surface area (Å²) in [5.41, 5.74) is 8.09. The molecule has 1 saturated heterocycles. The summed E-state index contributed by atoms with van der Waals surface area (Å²) in [6.45, 7) is 5.37. The topological polar surface area (TPSA) is 55.6 Å². The lowest BCUT2D eigenvalue weighted by Crippen LogP contribution is -2.38. The van der Waals surface area contributed by atoms with Crippen LogP contribution < -0.4 is 10.6 Å². The lowest BCUT2D eigenvalue weighted by atomic mass is 10.0. The van der Waals surface area contributed by atoms with Crippen LogP contribution in [0.3, 0.4) is 0 Å². The van der Waals surface area contributed by atoms with Crippen LogP contribution in [0.2, 0.25) is 0 Å². The summed E-state index contributed by atoms with van der Waals surface area (Å²) >= 11 is 0. The van der Waals surface area contributed by atoms with Crippen LogP contribution in [0.1, 0.15) is 37.0 Å². The molecule has 0 amide bonds. The second-order valence-corrected chi connectivity index (χ2v) is 5.30. The molecule has 4 heteroatoms. The second kappa shape index (κ2) is 4.52. The number of esters is 1. The molecule has 1 aromatic carbocycles. The standard InChI is InChI=1S/C14H20N2O2/c1-14(2)8-5-9-16(14)11-7-4-6-10(12(11)15)13(17)18-3/h4,6-7H,5,8-9,15H2,1-3H3. The largest absolute Gasteiger partial charge is 0.465 e. The number of hydrogen-bond donors (Lipinski definition) is 1. The van der Waals surface area contributed by atoms with E-state index in [0.717, 1.165) is 25.1 Å². The summed E-state index contributed by atoms with van der Waals surface area (Å²) in [5.74, 6) is -0.383. The van der Waals surface area contributed by atoms with E-state index in [1.165, 1.54) is 7.11 Å². The highest BCUT2D eigenvalue weighted by Crippen LogP contribution is 2.37. The highest BCUT2D eigenvalue weighted by molar-refractivity contribution is 5.98. The van der Waals surface area contributed by atoms with Crippen molar-refractivity contribution in [2.45, 2.75) is 32.2 Å². The highest BCUT2D eigenvalue weighted by Gasteiger charge is 2.33. The van der Waals surface area contributed by atoms with Gasteiger partial charge in [0.2, 0.25) is 0 Å². The molecule has 1 heterocycles. The van der Waals surface area contributed by atoms with E-state index in [1.807, 2.05) is 12.1 Å². The number of rotatable bonds is 2. The molecule has 0 spiro atoms. The molecule has 0 aromatic heterocycles. The SMILES string of the molecule is COC(=O)c1cccc(N2CCCC2(C)C)c1N. The number of ether oxygens (including phenoxy) is 1. The van der Waals surface area contributed by atoms with Gasteiger partial charge in [-0.2, -0.15) is 0 Å². The molecule has 98 valence electrons. The molecule has 2 rings (SSSR count). The van der Waals surface area contributed by atoms with Gasteiger partial charge in [-0.05, 0) is 38.8 Å². The molecule has 4 nitrogen and oxygen atoms in total. The van der Waals surface area contributed by atoms with Crippen LogP contribution in [-0.4, -0.2) is 25.2 Å². The van der Waals surface area contributed by atoms with Gasteiger partial charge in [0.05, 0.1) is 24.0 Å². The van der Waals surface area contributed by atoms with Crippen molar-refractivity contribution in [2.75, 3.05) is 24.3 Å². The van der Waals surface area contributed by atoms with Gasteiger partial charge in [0.25, 0.3) is 0 Å². The number of methoxy groups -OCH3 is 1. The minimum Gasteiger partial charge on any atom is -0.465 e. The van der Waals surface area contributed by atoms with Crippen LogP contribution in [0.15, 0.2) is 18.2 Å². The van der Waals surface area contributed by atoms with Crippen molar-refractivity contribution in [1.82, 2.24) is 0 Å². The number of para-hydroxylation sites is 1. The van der Waals surface area contributed by atoms with Crippen molar-refractivity contribution in [3.05, 3.63) is 23.8 Å². The minimum atomic E-state index is -0.383. The van der Waals surface area contributed by atoms with Crippen LogP contribution in [-0.2, 0) is 4.74 Å². The average molecular weight is 248 g/mol. The molecule has 1 aliphatic heterocycles.